The molecule has 1 atom stereocenters. The van der Waals surface area contributed by atoms with Crippen molar-refractivity contribution in [3.63, 3.8) is 0 Å². The number of hydrogen-bond acceptors (Lipinski definition) is 5. The summed E-state index contributed by atoms with van der Waals surface area (Å²) in [4.78, 5) is 12.7. The highest BCUT2D eigenvalue weighted by molar-refractivity contribution is 6.00. The van der Waals surface area contributed by atoms with E-state index < -0.39 is 5.92 Å². The molecule has 1 aliphatic carbocycles. The Kier molecular flexibility index (Phi) is 3.52. The molecule has 0 unspecified atom stereocenters. The molecule has 0 aromatic carbocycles. The summed E-state index contributed by atoms with van der Waals surface area (Å²) in [6, 6.07) is 2.11. The van der Waals surface area contributed by atoms with Gasteiger partial charge >= 0.3 is 0 Å². The van der Waals surface area contributed by atoms with Crippen LogP contribution in [0.3, 0.4) is 0 Å². The molecule has 2 heterocycles. The van der Waals surface area contributed by atoms with E-state index in [4.69, 9.17) is 10.5 Å². The molecule has 6 nitrogen and oxygen atoms in total. The van der Waals surface area contributed by atoms with Crippen molar-refractivity contribution >= 4 is 5.78 Å². The maximum absolute atomic E-state index is 12.7. The zero-order valence-corrected chi connectivity index (χ0v) is 13.6. The van der Waals surface area contributed by atoms with E-state index in [0.717, 1.165) is 12.1 Å². The number of carbonyl (C=O) groups is 1. The topological polar surface area (TPSA) is 93.9 Å². The number of allylic oxidation sites excluding steroid dienone is 3. The van der Waals surface area contributed by atoms with E-state index in [1.54, 1.807) is 10.9 Å². The first kappa shape index (κ1) is 15.3. The van der Waals surface area contributed by atoms with Crippen LogP contribution in [0, 0.1) is 16.7 Å². The number of ether oxygens (including phenoxy) is 1. The van der Waals surface area contributed by atoms with Gasteiger partial charge in [-0.25, -0.2) is 0 Å². The van der Waals surface area contributed by atoms with E-state index in [0.29, 0.717) is 24.2 Å². The van der Waals surface area contributed by atoms with Crippen LogP contribution in [-0.2, 0) is 16.1 Å². The van der Waals surface area contributed by atoms with Crippen molar-refractivity contribution in [3.05, 3.63) is 40.7 Å². The fourth-order valence-electron chi connectivity index (χ4n) is 3.32. The number of aryl methyl sites for hydroxylation is 1. The lowest BCUT2D eigenvalue weighted by Crippen LogP contribution is -2.33. The van der Waals surface area contributed by atoms with Crippen LogP contribution in [0.1, 0.15) is 45.1 Å². The van der Waals surface area contributed by atoms with Crippen LogP contribution in [0.5, 0.6) is 0 Å². The molecule has 2 aliphatic rings. The Bertz CT molecular complexity index is 777. The van der Waals surface area contributed by atoms with E-state index >= 15 is 0 Å². The van der Waals surface area contributed by atoms with Crippen LogP contribution >= 0.6 is 0 Å². The second-order valence-electron chi connectivity index (χ2n) is 6.83. The Hall–Kier alpha value is -2.55. The van der Waals surface area contributed by atoms with Crippen molar-refractivity contribution < 1.29 is 9.53 Å². The first-order valence-electron chi connectivity index (χ1n) is 7.72. The maximum Gasteiger partial charge on any atom is 0.205 e. The van der Waals surface area contributed by atoms with Crippen molar-refractivity contribution in [3.8, 4) is 6.07 Å². The summed E-state index contributed by atoms with van der Waals surface area (Å²) in [6.07, 6.45) is 4.62. The number of Topliss-reactive ketones (excluding diaryl/α,β-unsaturated/α-hetero) is 1. The lowest BCUT2D eigenvalue weighted by molar-refractivity contribution is -0.119. The van der Waals surface area contributed by atoms with Gasteiger partial charge in [-0.1, -0.05) is 13.8 Å². The molecule has 0 spiro atoms. The molecular formula is C17H20N4O2. The minimum absolute atomic E-state index is 0.0192. The maximum atomic E-state index is 12.7. The summed E-state index contributed by atoms with van der Waals surface area (Å²) >= 11 is 0. The molecule has 3 rings (SSSR count). The number of hydrogen-bond donors (Lipinski definition) is 1. The summed E-state index contributed by atoms with van der Waals surface area (Å²) in [5.41, 5.74) is 7.44. The summed E-state index contributed by atoms with van der Waals surface area (Å²) in [7, 11) is 0. The van der Waals surface area contributed by atoms with Gasteiger partial charge in [-0.2, -0.15) is 10.4 Å². The first-order chi connectivity index (χ1) is 10.9. The van der Waals surface area contributed by atoms with Crippen molar-refractivity contribution in [2.45, 2.75) is 46.1 Å². The number of rotatable bonds is 2. The second-order valence-corrected chi connectivity index (χ2v) is 6.83. The highest BCUT2D eigenvalue weighted by atomic mass is 16.5. The Morgan fingerprint density at radius 1 is 1.52 bits per heavy atom. The standard InChI is InChI=1S/C17H20N4O2/c1-4-21-9-10(8-20-21)14-11(7-18)16(19)23-13-6-17(2,3)5-12(22)15(13)14/h8-9,14H,4-6,19H2,1-3H3/t14-/m1/s1. The van der Waals surface area contributed by atoms with Crippen LogP contribution in [0.25, 0.3) is 0 Å². The quantitative estimate of drug-likeness (QED) is 0.904. The van der Waals surface area contributed by atoms with E-state index in [1.165, 1.54) is 0 Å². The number of nitrogens with zero attached hydrogens (tertiary/aromatic N) is 3. The summed E-state index contributed by atoms with van der Waals surface area (Å²) in [6.45, 7) is 6.76. The van der Waals surface area contributed by atoms with Crippen LogP contribution in [0.4, 0.5) is 0 Å². The van der Waals surface area contributed by atoms with Crippen LogP contribution in [0.2, 0.25) is 0 Å². The van der Waals surface area contributed by atoms with E-state index in [-0.39, 0.29) is 22.7 Å². The van der Waals surface area contributed by atoms with Gasteiger partial charge in [0, 0.05) is 36.7 Å². The summed E-state index contributed by atoms with van der Waals surface area (Å²) in [5, 5.41) is 13.8. The largest absolute Gasteiger partial charge is 0.444 e. The molecule has 2 N–H and O–H groups in total. The van der Waals surface area contributed by atoms with Crippen LogP contribution < -0.4 is 5.73 Å². The Morgan fingerprint density at radius 2 is 2.26 bits per heavy atom. The van der Waals surface area contributed by atoms with E-state index in [2.05, 4.69) is 11.2 Å². The fourth-order valence-corrected chi connectivity index (χ4v) is 3.32. The van der Waals surface area contributed by atoms with Crippen LogP contribution in [-0.4, -0.2) is 15.6 Å². The molecule has 0 amide bonds. The van der Waals surface area contributed by atoms with Crippen molar-refractivity contribution in [1.29, 1.82) is 5.26 Å². The van der Waals surface area contributed by atoms with Gasteiger partial charge in [-0.15, -0.1) is 0 Å². The summed E-state index contributed by atoms with van der Waals surface area (Å²) in [5.74, 6) is 0.224. The predicted octanol–water partition coefficient (Wildman–Crippen LogP) is 2.35. The molecule has 0 saturated carbocycles. The molecule has 120 valence electrons. The Morgan fingerprint density at radius 3 is 2.87 bits per heavy atom. The molecule has 0 radical (unpaired) electrons. The molecule has 1 aliphatic heterocycles. The average Bonchev–Trinajstić information content (AvgIpc) is 2.93. The number of nitrogens with two attached hydrogens (primary N) is 1. The van der Waals surface area contributed by atoms with Crippen molar-refractivity contribution in [2.24, 2.45) is 11.1 Å². The third-order valence-electron chi connectivity index (χ3n) is 4.39. The molecular weight excluding hydrogens is 292 g/mol. The van der Waals surface area contributed by atoms with Gasteiger partial charge in [0.05, 0.1) is 12.1 Å². The lowest BCUT2D eigenvalue weighted by atomic mass is 9.70. The van der Waals surface area contributed by atoms with Gasteiger partial charge < -0.3 is 10.5 Å². The number of ketones is 1. The molecule has 6 heteroatoms. The monoisotopic (exact) mass is 312 g/mol. The average molecular weight is 312 g/mol. The Balaban J connectivity index is 2.15. The van der Waals surface area contributed by atoms with Gasteiger partial charge in [0.2, 0.25) is 5.88 Å². The van der Waals surface area contributed by atoms with Gasteiger partial charge in [-0.3, -0.25) is 9.48 Å². The molecule has 23 heavy (non-hydrogen) atoms. The lowest BCUT2D eigenvalue weighted by Gasteiger charge is -2.36. The predicted molar refractivity (Wildman–Crippen MR) is 83.6 cm³/mol. The normalized spacial score (nSPS) is 23.4. The highest BCUT2D eigenvalue weighted by Gasteiger charge is 2.43. The number of carbonyl (C=O) groups excluding carboxylic acids is 1. The highest BCUT2D eigenvalue weighted by Crippen LogP contribution is 2.47. The van der Waals surface area contributed by atoms with Gasteiger partial charge in [0.25, 0.3) is 0 Å². The minimum Gasteiger partial charge on any atom is -0.444 e. The van der Waals surface area contributed by atoms with Crippen LogP contribution in [0.15, 0.2) is 35.2 Å². The number of nitriles is 1. The smallest absolute Gasteiger partial charge is 0.205 e. The zero-order valence-electron chi connectivity index (χ0n) is 13.6. The van der Waals surface area contributed by atoms with Crippen molar-refractivity contribution in [1.82, 2.24) is 9.78 Å². The third-order valence-corrected chi connectivity index (χ3v) is 4.39. The fraction of sp³-hybridized carbons (Fsp3) is 0.471. The minimum atomic E-state index is -0.479. The van der Waals surface area contributed by atoms with Gasteiger partial charge in [0.15, 0.2) is 5.78 Å². The van der Waals surface area contributed by atoms with Crippen molar-refractivity contribution in [2.75, 3.05) is 0 Å². The van der Waals surface area contributed by atoms with Gasteiger partial charge in [-0.05, 0) is 12.3 Å². The SMILES string of the molecule is CCn1cc([C@@H]2C(C#N)=C(N)OC3=C2C(=O)CC(C)(C)C3)cn1. The van der Waals surface area contributed by atoms with E-state index in [1.807, 2.05) is 27.0 Å². The second kappa shape index (κ2) is 5.27. The third kappa shape index (κ3) is 2.52. The molecule has 0 saturated heterocycles. The first-order valence-corrected chi connectivity index (χ1v) is 7.72. The number of aromatic nitrogens is 2. The molecule has 1 aromatic rings. The summed E-state index contributed by atoms with van der Waals surface area (Å²) < 4.78 is 7.42. The molecule has 0 fully saturated rings. The van der Waals surface area contributed by atoms with E-state index in [9.17, 15) is 10.1 Å². The Labute approximate surface area is 135 Å². The van der Waals surface area contributed by atoms with Gasteiger partial charge in [0.1, 0.15) is 17.4 Å². The molecule has 1 aromatic heterocycles. The molecule has 0 bridgehead atoms. The zero-order chi connectivity index (χ0) is 16.8.